The van der Waals surface area contributed by atoms with Gasteiger partial charge in [0.1, 0.15) is 0 Å². The number of ether oxygens (including phenoxy) is 1. The maximum atomic E-state index is 13.0. The van der Waals surface area contributed by atoms with Crippen LogP contribution >= 0.6 is 11.3 Å². The molecule has 0 aliphatic carbocycles. The monoisotopic (exact) mass is 588 g/mol. The Bertz CT molecular complexity index is 1810. The lowest BCUT2D eigenvalue weighted by atomic mass is 10.1. The van der Waals surface area contributed by atoms with E-state index in [2.05, 4.69) is 6.07 Å². The van der Waals surface area contributed by atoms with E-state index in [1.165, 1.54) is 39.9 Å². The van der Waals surface area contributed by atoms with Gasteiger partial charge in [-0.05, 0) is 61.0 Å². The fourth-order valence-corrected chi connectivity index (χ4v) is 6.42. The molecule has 1 aliphatic heterocycles. The van der Waals surface area contributed by atoms with Crippen LogP contribution in [-0.4, -0.2) is 54.3 Å². The molecule has 0 spiro atoms. The second kappa shape index (κ2) is 11.9. The minimum Gasteiger partial charge on any atom is -0.379 e. The Morgan fingerprint density at radius 1 is 1.02 bits per heavy atom. The zero-order chi connectivity index (χ0) is 29.0. The third-order valence-corrected chi connectivity index (χ3v) is 9.14. The second-order valence-corrected chi connectivity index (χ2v) is 11.8. The van der Waals surface area contributed by atoms with Gasteiger partial charge in [0.25, 0.3) is 5.69 Å². The van der Waals surface area contributed by atoms with Gasteiger partial charge >= 0.3 is 0 Å². The molecule has 0 N–H and O–H groups in total. The molecule has 3 aromatic carbocycles. The Kier molecular flexibility index (Phi) is 8.18. The van der Waals surface area contributed by atoms with Crippen molar-refractivity contribution in [2.24, 2.45) is 10.1 Å². The summed E-state index contributed by atoms with van der Waals surface area (Å²) in [5, 5.41) is 26.9. The van der Waals surface area contributed by atoms with Crippen LogP contribution in [0.15, 0.2) is 93.2 Å². The Hall–Kier alpha value is -4.48. The number of rotatable bonds is 7. The van der Waals surface area contributed by atoms with E-state index in [0.717, 1.165) is 5.56 Å². The van der Waals surface area contributed by atoms with Crippen LogP contribution in [0.1, 0.15) is 18.1 Å². The van der Waals surface area contributed by atoms with E-state index in [1.54, 1.807) is 53.2 Å². The Labute approximate surface area is 240 Å². The number of aromatic nitrogens is 1. The molecule has 4 aromatic rings. The van der Waals surface area contributed by atoms with Crippen molar-refractivity contribution in [3.8, 4) is 17.3 Å². The van der Waals surface area contributed by atoms with E-state index < -0.39 is 14.9 Å². The van der Waals surface area contributed by atoms with Gasteiger partial charge in [0.2, 0.25) is 14.8 Å². The first-order valence-corrected chi connectivity index (χ1v) is 14.8. The van der Waals surface area contributed by atoms with Crippen molar-refractivity contribution in [2.45, 2.75) is 11.8 Å². The number of sulfonamides is 1. The van der Waals surface area contributed by atoms with Crippen LogP contribution in [0.3, 0.4) is 0 Å². The lowest BCUT2D eigenvalue weighted by Crippen LogP contribution is -2.40. The second-order valence-electron chi connectivity index (χ2n) is 9.02. The summed E-state index contributed by atoms with van der Waals surface area (Å²) in [5.41, 5.74) is 3.88. The van der Waals surface area contributed by atoms with E-state index in [-0.39, 0.29) is 10.6 Å². The van der Waals surface area contributed by atoms with Gasteiger partial charge in [-0.1, -0.05) is 12.1 Å². The predicted molar refractivity (Wildman–Crippen MR) is 154 cm³/mol. The number of nitro groups is 1. The van der Waals surface area contributed by atoms with E-state index >= 15 is 0 Å². The summed E-state index contributed by atoms with van der Waals surface area (Å²) in [6, 6.07) is 21.6. The van der Waals surface area contributed by atoms with Gasteiger partial charge in [-0.3, -0.25) is 10.1 Å². The Morgan fingerprint density at radius 2 is 1.68 bits per heavy atom. The fourth-order valence-electron chi connectivity index (χ4n) is 4.16. The number of thiazole rings is 1. The van der Waals surface area contributed by atoms with Crippen molar-refractivity contribution in [1.82, 2.24) is 8.98 Å². The smallest absolute Gasteiger partial charge is 0.269 e. The molecule has 41 heavy (non-hydrogen) atoms. The van der Waals surface area contributed by atoms with Gasteiger partial charge in [-0.15, -0.1) is 11.3 Å². The number of nitrogens with zero attached hydrogens (tertiary/aromatic N) is 6. The lowest BCUT2D eigenvalue weighted by molar-refractivity contribution is -0.384. The molecule has 13 heteroatoms. The van der Waals surface area contributed by atoms with Crippen molar-refractivity contribution in [3.63, 3.8) is 0 Å². The van der Waals surface area contributed by atoms with Crippen LogP contribution in [-0.2, 0) is 14.8 Å². The van der Waals surface area contributed by atoms with Crippen molar-refractivity contribution in [2.75, 3.05) is 26.3 Å². The zero-order valence-electron chi connectivity index (χ0n) is 21.9. The van der Waals surface area contributed by atoms with Crippen molar-refractivity contribution >= 4 is 38.4 Å². The molecule has 1 aromatic heterocycles. The van der Waals surface area contributed by atoms with Crippen LogP contribution < -0.4 is 4.80 Å². The minimum absolute atomic E-state index is 0.0233. The van der Waals surface area contributed by atoms with Gasteiger partial charge in [0.15, 0.2) is 0 Å². The maximum absolute atomic E-state index is 13.0. The molecule has 2 heterocycles. The predicted octanol–water partition coefficient (Wildman–Crippen LogP) is 4.52. The molecule has 0 amide bonds. The minimum atomic E-state index is -3.63. The average molecular weight is 589 g/mol. The van der Waals surface area contributed by atoms with Crippen LogP contribution in [0, 0.1) is 21.4 Å². The zero-order valence-corrected chi connectivity index (χ0v) is 23.5. The summed E-state index contributed by atoms with van der Waals surface area (Å²) in [5.74, 6) is 0. The SMILES string of the molecule is C/C(=N/n1c(-c2ccc([N+](=O)[O-])cc2)csc1=Nc1ccc(S(=O)(=O)N2CCOCC2)cc1)c1ccc(C#N)cc1. The highest BCUT2D eigenvalue weighted by Crippen LogP contribution is 2.25. The third-order valence-electron chi connectivity index (χ3n) is 6.41. The summed E-state index contributed by atoms with van der Waals surface area (Å²) < 4.78 is 34.3. The molecule has 5 rings (SSSR count). The normalized spacial score (nSPS) is 15.0. The van der Waals surface area contributed by atoms with E-state index in [4.69, 9.17) is 20.1 Å². The molecule has 208 valence electrons. The van der Waals surface area contributed by atoms with Crippen molar-refractivity contribution in [1.29, 1.82) is 5.26 Å². The van der Waals surface area contributed by atoms with Gasteiger partial charge < -0.3 is 4.74 Å². The van der Waals surface area contributed by atoms with Crippen LogP contribution in [0.2, 0.25) is 0 Å². The molecule has 1 fully saturated rings. The van der Waals surface area contributed by atoms with Crippen LogP contribution in [0.4, 0.5) is 11.4 Å². The van der Waals surface area contributed by atoms with Crippen LogP contribution in [0.25, 0.3) is 11.3 Å². The molecule has 0 bridgehead atoms. The summed E-state index contributed by atoms with van der Waals surface area (Å²) in [4.78, 5) is 16.1. The number of non-ortho nitro benzene ring substituents is 1. The molecular formula is C28H24N6O5S2. The standard InChI is InChI=1S/C28H24N6O5S2/c1-20(22-4-2-21(18-29)3-5-22)31-33-27(23-6-10-25(11-7-23)34(35)36)19-40-28(33)30-24-8-12-26(13-9-24)41(37,38)32-14-16-39-17-15-32/h2-13,19H,14-17H2,1H3/b30-28?,31-20-. The number of benzene rings is 3. The van der Waals surface area contributed by atoms with Gasteiger partial charge in [-0.25, -0.2) is 18.1 Å². The molecule has 0 saturated carbocycles. The lowest BCUT2D eigenvalue weighted by Gasteiger charge is -2.26. The molecular weight excluding hydrogens is 564 g/mol. The number of hydrogen-bond donors (Lipinski definition) is 0. The maximum Gasteiger partial charge on any atom is 0.269 e. The first-order chi connectivity index (χ1) is 19.8. The fraction of sp³-hybridized carbons (Fsp3) is 0.179. The number of nitro benzene ring substituents is 1. The third kappa shape index (κ3) is 6.16. The molecule has 0 atom stereocenters. The molecule has 1 aliphatic rings. The van der Waals surface area contributed by atoms with Crippen LogP contribution in [0.5, 0.6) is 0 Å². The number of hydrogen-bond acceptors (Lipinski definition) is 9. The Morgan fingerprint density at radius 3 is 2.29 bits per heavy atom. The topological polar surface area (TPSA) is 143 Å². The largest absolute Gasteiger partial charge is 0.379 e. The highest BCUT2D eigenvalue weighted by atomic mass is 32.2. The van der Waals surface area contributed by atoms with E-state index in [0.29, 0.717) is 59.3 Å². The van der Waals surface area contributed by atoms with Gasteiger partial charge in [0, 0.05) is 36.2 Å². The summed E-state index contributed by atoms with van der Waals surface area (Å²) in [6.07, 6.45) is 0. The molecule has 11 nitrogen and oxygen atoms in total. The van der Waals surface area contributed by atoms with Gasteiger partial charge in [-0.2, -0.15) is 14.7 Å². The summed E-state index contributed by atoms with van der Waals surface area (Å²) >= 11 is 1.32. The van der Waals surface area contributed by atoms with Gasteiger partial charge in [0.05, 0.1) is 51.8 Å². The summed E-state index contributed by atoms with van der Waals surface area (Å²) in [6.45, 7) is 3.19. The molecule has 1 saturated heterocycles. The molecule has 0 unspecified atom stereocenters. The highest BCUT2D eigenvalue weighted by Gasteiger charge is 2.26. The Balaban J connectivity index is 1.55. The quantitative estimate of drug-likeness (QED) is 0.176. The average Bonchev–Trinajstić information content (AvgIpc) is 3.39. The van der Waals surface area contributed by atoms with E-state index in [9.17, 15) is 18.5 Å². The van der Waals surface area contributed by atoms with Crippen molar-refractivity contribution < 1.29 is 18.1 Å². The molecule has 0 radical (unpaired) electrons. The van der Waals surface area contributed by atoms with E-state index in [1.807, 2.05) is 12.3 Å². The first kappa shape index (κ1) is 28.1. The number of morpholine rings is 1. The summed E-state index contributed by atoms with van der Waals surface area (Å²) in [7, 11) is -3.63. The first-order valence-electron chi connectivity index (χ1n) is 12.5. The highest BCUT2D eigenvalue weighted by molar-refractivity contribution is 7.89. The van der Waals surface area contributed by atoms with Crippen molar-refractivity contribution in [3.05, 3.63) is 104 Å². The number of nitriles is 1.